The molecule has 146 valence electrons. The second-order valence-electron chi connectivity index (χ2n) is 8.78. The quantitative estimate of drug-likeness (QED) is 0.275. The minimum Gasteiger partial charge on any atom is -0.418 e. The summed E-state index contributed by atoms with van der Waals surface area (Å²) in [5.41, 5.74) is 1.38. The van der Waals surface area contributed by atoms with Crippen LogP contribution in [0, 0.1) is 20.9 Å². The second-order valence-corrected chi connectivity index (χ2v) is 10.0. The maximum Gasteiger partial charge on any atom is 0.333 e. The van der Waals surface area contributed by atoms with Crippen LogP contribution < -0.4 is 0 Å². The maximum atomic E-state index is 13.0. The Hall–Kier alpha value is -2.08. The number of cyclic esters (lactones) is 1. The van der Waals surface area contributed by atoms with E-state index in [-0.39, 0.29) is 22.5 Å². The van der Waals surface area contributed by atoms with Gasteiger partial charge in [-0.3, -0.25) is 10.1 Å². The Morgan fingerprint density at radius 1 is 1.19 bits per heavy atom. The number of non-ortho nitro benzene ring substituents is 1. The van der Waals surface area contributed by atoms with Crippen molar-refractivity contribution in [1.29, 1.82) is 0 Å². The Kier molecular flexibility index (Phi) is 5.62. The summed E-state index contributed by atoms with van der Waals surface area (Å²) in [6.45, 7) is 16.4. The molecule has 27 heavy (non-hydrogen) atoms. The largest absolute Gasteiger partial charge is 0.418 e. The summed E-state index contributed by atoms with van der Waals surface area (Å²) in [4.78, 5) is 23.5. The summed E-state index contributed by atoms with van der Waals surface area (Å²) in [5.74, 6) is -0.359. The number of thioether (sulfide) groups is 1. The van der Waals surface area contributed by atoms with Crippen LogP contribution in [0.3, 0.4) is 0 Å². The molecule has 1 unspecified atom stereocenters. The standard InChI is InChI=1S/C21H27NO4S/c1-8-13-21(14-9-11-15(12-10-14)22(24)25)18(23)26-17(27-21)16(19(2,3)4)20(5,6)7/h8-12H,1,13H2,2-7H3. The van der Waals surface area contributed by atoms with E-state index >= 15 is 0 Å². The van der Waals surface area contributed by atoms with Crippen LogP contribution in [0.4, 0.5) is 5.69 Å². The first kappa shape index (κ1) is 21.2. The van der Waals surface area contributed by atoms with Gasteiger partial charge in [0.1, 0.15) is 4.75 Å². The van der Waals surface area contributed by atoms with Gasteiger partial charge in [-0.15, -0.1) is 6.58 Å². The molecule has 0 aromatic heterocycles. The number of carbonyl (C=O) groups excluding carboxylic acids is 1. The van der Waals surface area contributed by atoms with Gasteiger partial charge in [-0.25, -0.2) is 4.79 Å². The molecule has 1 atom stereocenters. The zero-order valence-corrected chi connectivity index (χ0v) is 17.6. The highest BCUT2D eigenvalue weighted by molar-refractivity contribution is 8.05. The van der Waals surface area contributed by atoms with Crippen molar-refractivity contribution in [2.75, 3.05) is 0 Å². The Labute approximate surface area is 165 Å². The number of carbonyl (C=O) groups is 1. The Morgan fingerprint density at radius 2 is 1.70 bits per heavy atom. The van der Waals surface area contributed by atoms with Crippen LogP contribution in [0.15, 0.2) is 47.6 Å². The molecule has 0 saturated carbocycles. The fourth-order valence-corrected chi connectivity index (χ4v) is 5.43. The van der Waals surface area contributed by atoms with E-state index in [9.17, 15) is 14.9 Å². The number of allylic oxidation sites excluding steroid dienone is 2. The van der Waals surface area contributed by atoms with Crippen LogP contribution >= 0.6 is 11.8 Å². The zero-order chi connectivity index (χ0) is 20.6. The van der Waals surface area contributed by atoms with Gasteiger partial charge in [0.05, 0.1) is 4.92 Å². The summed E-state index contributed by atoms with van der Waals surface area (Å²) < 4.78 is 4.82. The number of benzene rings is 1. The number of esters is 1. The van der Waals surface area contributed by atoms with Crippen molar-refractivity contribution in [3.8, 4) is 0 Å². The fourth-order valence-electron chi connectivity index (χ4n) is 3.70. The van der Waals surface area contributed by atoms with Crippen molar-refractivity contribution in [2.45, 2.75) is 52.7 Å². The van der Waals surface area contributed by atoms with Crippen molar-refractivity contribution in [1.82, 2.24) is 0 Å². The molecule has 2 rings (SSSR count). The summed E-state index contributed by atoms with van der Waals surface area (Å²) >= 11 is 1.39. The molecule has 6 heteroatoms. The highest BCUT2D eigenvalue weighted by Gasteiger charge is 2.51. The zero-order valence-electron chi connectivity index (χ0n) is 16.8. The molecule has 1 heterocycles. The smallest absolute Gasteiger partial charge is 0.333 e. The van der Waals surface area contributed by atoms with Crippen molar-refractivity contribution >= 4 is 23.4 Å². The number of nitro groups is 1. The van der Waals surface area contributed by atoms with Crippen LogP contribution in [0.1, 0.15) is 53.5 Å². The average Bonchev–Trinajstić information content (AvgIpc) is 2.81. The van der Waals surface area contributed by atoms with Crippen molar-refractivity contribution < 1.29 is 14.5 Å². The number of hydrogen-bond acceptors (Lipinski definition) is 5. The third kappa shape index (κ3) is 4.10. The van der Waals surface area contributed by atoms with Gasteiger partial charge in [0.25, 0.3) is 5.69 Å². The predicted molar refractivity (Wildman–Crippen MR) is 109 cm³/mol. The molecule has 1 aromatic carbocycles. The van der Waals surface area contributed by atoms with E-state index in [0.29, 0.717) is 17.1 Å². The van der Waals surface area contributed by atoms with Crippen LogP contribution in [-0.2, 0) is 14.3 Å². The van der Waals surface area contributed by atoms with Gasteiger partial charge >= 0.3 is 5.97 Å². The lowest BCUT2D eigenvalue weighted by Crippen LogP contribution is -2.28. The minimum atomic E-state index is -0.978. The molecule has 1 fully saturated rings. The van der Waals surface area contributed by atoms with Crippen LogP contribution in [0.25, 0.3) is 0 Å². The van der Waals surface area contributed by atoms with Crippen molar-refractivity contribution in [3.05, 3.63) is 63.3 Å². The van der Waals surface area contributed by atoms with Gasteiger partial charge in [-0.05, 0) is 28.4 Å². The first-order valence-corrected chi connectivity index (χ1v) is 9.67. The molecule has 1 aliphatic heterocycles. The molecule has 0 radical (unpaired) electrons. The molecule has 5 nitrogen and oxygen atoms in total. The van der Waals surface area contributed by atoms with E-state index in [1.807, 2.05) is 0 Å². The number of nitro benzene ring substituents is 1. The Morgan fingerprint density at radius 3 is 2.11 bits per heavy atom. The van der Waals surface area contributed by atoms with Crippen LogP contribution in [0.2, 0.25) is 0 Å². The number of rotatable bonds is 4. The summed E-state index contributed by atoms with van der Waals surface area (Å²) in [6.07, 6.45) is 2.06. The predicted octanol–water partition coefficient (Wildman–Crippen LogP) is 5.96. The monoisotopic (exact) mass is 389 g/mol. The Balaban J connectivity index is 2.62. The Bertz CT molecular complexity index is 781. The van der Waals surface area contributed by atoms with E-state index in [2.05, 4.69) is 48.1 Å². The van der Waals surface area contributed by atoms with Gasteiger partial charge in [-0.1, -0.05) is 71.5 Å². The van der Waals surface area contributed by atoms with Gasteiger partial charge < -0.3 is 4.74 Å². The molecule has 0 aliphatic carbocycles. The normalized spacial score (nSPS) is 20.4. The van der Waals surface area contributed by atoms with E-state index in [4.69, 9.17) is 4.74 Å². The van der Waals surface area contributed by atoms with Gasteiger partial charge in [0.15, 0.2) is 5.09 Å². The highest BCUT2D eigenvalue weighted by atomic mass is 32.2. The van der Waals surface area contributed by atoms with Gasteiger partial charge in [-0.2, -0.15) is 0 Å². The molecule has 0 amide bonds. The lowest BCUT2D eigenvalue weighted by Gasteiger charge is -2.34. The summed E-state index contributed by atoms with van der Waals surface area (Å²) in [5, 5.41) is 11.6. The topological polar surface area (TPSA) is 69.4 Å². The second kappa shape index (κ2) is 7.15. The highest BCUT2D eigenvalue weighted by Crippen LogP contribution is 2.56. The van der Waals surface area contributed by atoms with Gasteiger partial charge in [0, 0.05) is 12.1 Å². The third-order valence-electron chi connectivity index (χ3n) is 4.46. The third-order valence-corrected chi connectivity index (χ3v) is 5.85. The SMILES string of the molecule is C=CCC1(c2ccc([N+](=O)[O-])cc2)SC(=C(C(C)(C)C)C(C)(C)C)OC1=O. The number of nitrogens with zero attached hydrogens (tertiary/aromatic N) is 1. The van der Waals surface area contributed by atoms with Crippen molar-refractivity contribution in [3.63, 3.8) is 0 Å². The molecular weight excluding hydrogens is 362 g/mol. The number of ether oxygens (including phenoxy) is 1. The lowest BCUT2D eigenvalue weighted by atomic mass is 9.72. The average molecular weight is 390 g/mol. The molecule has 1 saturated heterocycles. The maximum absolute atomic E-state index is 13.0. The lowest BCUT2D eigenvalue weighted by molar-refractivity contribution is -0.384. The fraction of sp³-hybridized carbons (Fsp3) is 0.476. The molecule has 0 N–H and O–H groups in total. The molecule has 0 bridgehead atoms. The van der Waals surface area contributed by atoms with E-state index < -0.39 is 9.67 Å². The first-order chi connectivity index (χ1) is 12.3. The van der Waals surface area contributed by atoms with Gasteiger partial charge in [0.2, 0.25) is 0 Å². The summed E-state index contributed by atoms with van der Waals surface area (Å²) in [6, 6.07) is 6.10. The first-order valence-electron chi connectivity index (χ1n) is 8.85. The molecule has 0 spiro atoms. The van der Waals surface area contributed by atoms with E-state index in [1.54, 1.807) is 18.2 Å². The summed E-state index contributed by atoms with van der Waals surface area (Å²) in [7, 11) is 0. The molecular formula is C21H27NO4S. The van der Waals surface area contributed by atoms with Crippen LogP contribution in [-0.4, -0.2) is 10.9 Å². The van der Waals surface area contributed by atoms with Crippen LogP contribution in [0.5, 0.6) is 0 Å². The number of hydrogen-bond donors (Lipinski definition) is 0. The van der Waals surface area contributed by atoms with Crippen molar-refractivity contribution in [2.24, 2.45) is 10.8 Å². The molecule has 1 aliphatic rings. The molecule has 1 aromatic rings. The minimum absolute atomic E-state index is 0.00953. The van der Waals surface area contributed by atoms with E-state index in [1.165, 1.54) is 23.9 Å². The van der Waals surface area contributed by atoms with E-state index in [0.717, 1.165) is 5.57 Å².